The van der Waals surface area contributed by atoms with E-state index in [9.17, 15) is 0 Å². The van der Waals surface area contributed by atoms with E-state index in [1.807, 2.05) is 6.92 Å². The SMILES string of the molecule is CCn1ncc(CO)n1. The van der Waals surface area contributed by atoms with Crippen LogP contribution in [0.3, 0.4) is 0 Å². The Hall–Kier alpha value is -0.900. The first kappa shape index (κ1) is 6.22. The van der Waals surface area contributed by atoms with Crippen LogP contribution < -0.4 is 0 Å². The number of nitrogens with zero attached hydrogens (tertiary/aromatic N) is 3. The quantitative estimate of drug-likeness (QED) is 0.598. The molecule has 0 aliphatic rings. The summed E-state index contributed by atoms with van der Waals surface area (Å²) in [5.74, 6) is 0. The molecule has 0 saturated heterocycles. The Morgan fingerprint density at radius 1 is 1.78 bits per heavy atom. The molecule has 0 aliphatic heterocycles. The number of aliphatic hydroxyl groups excluding tert-OH is 1. The smallest absolute Gasteiger partial charge is 0.108 e. The summed E-state index contributed by atoms with van der Waals surface area (Å²) >= 11 is 0. The Balaban J connectivity index is 2.74. The van der Waals surface area contributed by atoms with E-state index in [4.69, 9.17) is 5.11 Å². The highest BCUT2D eigenvalue weighted by Gasteiger charge is 1.93. The zero-order valence-electron chi connectivity index (χ0n) is 5.28. The monoisotopic (exact) mass is 127 g/mol. The Morgan fingerprint density at radius 3 is 2.89 bits per heavy atom. The zero-order valence-corrected chi connectivity index (χ0v) is 5.28. The molecule has 1 rings (SSSR count). The van der Waals surface area contributed by atoms with Gasteiger partial charge in [-0.1, -0.05) is 0 Å². The van der Waals surface area contributed by atoms with E-state index in [1.54, 1.807) is 6.20 Å². The second kappa shape index (κ2) is 2.59. The van der Waals surface area contributed by atoms with Crippen molar-refractivity contribution in [1.29, 1.82) is 0 Å². The van der Waals surface area contributed by atoms with Gasteiger partial charge in [-0.15, -0.1) is 0 Å². The summed E-state index contributed by atoms with van der Waals surface area (Å²) in [4.78, 5) is 1.53. The van der Waals surface area contributed by atoms with E-state index in [1.165, 1.54) is 4.80 Å². The van der Waals surface area contributed by atoms with Crippen molar-refractivity contribution in [2.45, 2.75) is 20.1 Å². The van der Waals surface area contributed by atoms with E-state index in [0.29, 0.717) is 5.69 Å². The van der Waals surface area contributed by atoms with Crippen LogP contribution in [0, 0.1) is 0 Å². The van der Waals surface area contributed by atoms with Gasteiger partial charge in [0.1, 0.15) is 5.69 Å². The lowest BCUT2D eigenvalue weighted by Crippen LogP contribution is -1.98. The fraction of sp³-hybridized carbons (Fsp3) is 0.600. The maximum absolute atomic E-state index is 8.53. The number of rotatable bonds is 2. The molecule has 0 atom stereocenters. The van der Waals surface area contributed by atoms with Gasteiger partial charge in [-0.2, -0.15) is 15.0 Å². The van der Waals surface area contributed by atoms with E-state index >= 15 is 0 Å². The van der Waals surface area contributed by atoms with Crippen LogP contribution in [0.1, 0.15) is 12.6 Å². The number of hydrogen-bond donors (Lipinski definition) is 1. The van der Waals surface area contributed by atoms with E-state index in [0.717, 1.165) is 6.54 Å². The Morgan fingerprint density at radius 2 is 2.56 bits per heavy atom. The van der Waals surface area contributed by atoms with Gasteiger partial charge in [0.25, 0.3) is 0 Å². The lowest BCUT2D eigenvalue weighted by atomic mass is 10.5. The molecule has 0 radical (unpaired) electrons. The molecule has 0 aliphatic carbocycles. The molecule has 0 aromatic carbocycles. The van der Waals surface area contributed by atoms with Crippen LogP contribution in [0.5, 0.6) is 0 Å². The normalized spacial score (nSPS) is 10.0. The average Bonchev–Trinajstić information content (AvgIpc) is 2.34. The molecule has 1 N–H and O–H groups in total. The molecule has 9 heavy (non-hydrogen) atoms. The van der Waals surface area contributed by atoms with Crippen molar-refractivity contribution in [3.05, 3.63) is 11.9 Å². The van der Waals surface area contributed by atoms with Gasteiger partial charge in [0, 0.05) is 0 Å². The molecule has 0 fully saturated rings. The zero-order chi connectivity index (χ0) is 6.69. The van der Waals surface area contributed by atoms with Crippen molar-refractivity contribution in [3.63, 3.8) is 0 Å². The van der Waals surface area contributed by atoms with Gasteiger partial charge >= 0.3 is 0 Å². The minimum atomic E-state index is -0.0278. The molecular weight excluding hydrogens is 118 g/mol. The lowest BCUT2D eigenvalue weighted by molar-refractivity contribution is 0.275. The van der Waals surface area contributed by atoms with Crippen molar-refractivity contribution >= 4 is 0 Å². The fourth-order valence-electron chi connectivity index (χ4n) is 0.558. The molecular formula is C5H9N3O. The van der Waals surface area contributed by atoms with Gasteiger partial charge in [0.15, 0.2) is 0 Å². The van der Waals surface area contributed by atoms with Crippen LogP contribution in [0.4, 0.5) is 0 Å². The van der Waals surface area contributed by atoms with Gasteiger partial charge in [-0.05, 0) is 6.92 Å². The number of aliphatic hydroxyl groups is 1. The van der Waals surface area contributed by atoms with Crippen molar-refractivity contribution in [1.82, 2.24) is 15.0 Å². The van der Waals surface area contributed by atoms with Gasteiger partial charge < -0.3 is 5.11 Å². The minimum absolute atomic E-state index is 0.0278. The molecule has 1 aromatic rings. The van der Waals surface area contributed by atoms with E-state index < -0.39 is 0 Å². The first-order valence-corrected chi connectivity index (χ1v) is 2.86. The van der Waals surface area contributed by atoms with Crippen LogP contribution in [0.15, 0.2) is 6.20 Å². The molecule has 0 unspecified atom stereocenters. The molecule has 1 heterocycles. The first-order valence-electron chi connectivity index (χ1n) is 2.86. The standard InChI is InChI=1S/C5H9N3O/c1-2-8-6-3-5(4-9)7-8/h3,9H,2,4H2,1H3. The van der Waals surface area contributed by atoms with Crippen LogP contribution in [0.25, 0.3) is 0 Å². The van der Waals surface area contributed by atoms with Gasteiger partial charge in [-0.25, -0.2) is 0 Å². The number of hydrogen-bond acceptors (Lipinski definition) is 3. The predicted octanol–water partition coefficient (Wildman–Crippen LogP) is -0.210. The number of aryl methyl sites for hydroxylation is 1. The first-order chi connectivity index (χ1) is 4.36. The summed E-state index contributed by atoms with van der Waals surface area (Å²) in [6.07, 6.45) is 1.56. The van der Waals surface area contributed by atoms with Crippen LogP contribution >= 0.6 is 0 Å². The predicted molar refractivity (Wildman–Crippen MR) is 31.6 cm³/mol. The van der Waals surface area contributed by atoms with E-state index in [2.05, 4.69) is 10.2 Å². The highest BCUT2D eigenvalue weighted by molar-refractivity contribution is 4.87. The topological polar surface area (TPSA) is 50.9 Å². The average molecular weight is 127 g/mol. The summed E-state index contributed by atoms with van der Waals surface area (Å²) in [5, 5.41) is 16.3. The van der Waals surface area contributed by atoms with Crippen LogP contribution in [-0.4, -0.2) is 20.1 Å². The Bertz CT molecular complexity index is 166. The molecule has 50 valence electrons. The second-order valence-electron chi connectivity index (χ2n) is 1.68. The van der Waals surface area contributed by atoms with Crippen molar-refractivity contribution in [3.8, 4) is 0 Å². The largest absolute Gasteiger partial charge is 0.390 e. The van der Waals surface area contributed by atoms with Crippen molar-refractivity contribution in [2.75, 3.05) is 0 Å². The number of aromatic nitrogens is 3. The fourth-order valence-corrected chi connectivity index (χ4v) is 0.558. The van der Waals surface area contributed by atoms with Gasteiger partial charge in [0.05, 0.1) is 19.3 Å². The van der Waals surface area contributed by atoms with Crippen molar-refractivity contribution in [2.24, 2.45) is 0 Å². The highest BCUT2D eigenvalue weighted by atomic mass is 16.3. The molecule has 0 spiro atoms. The van der Waals surface area contributed by atoms with Crippen LogP contribution in [-0.2, 0) is 13.2 Å². The summed E-state index contributed by atoms with van der Waals surface area (Å²) in [5.41, 5.74) is 0.622. The molecule has 4 nitrogen and oxygen atoms in total. The Kier molecular flexibility index (Phi) is 1.79. The maximum Gasteiger partial charge on any atom is 0.108 e. The minimum Gasteiger partial charge on any atom is -0.390 e. The second-order valence-corrected chi connectivity index (χ2v) is 1.68. The van der Waals surface area contributed by atoms with Gasteiger partial charge in [0.2, 0.25) is 0 Å². The summed E-state index contributed by atoms with van der Waals surface area (Å²) in [7, 11) is 0. The lowest BCUT2D eigenvalue weighted by Gasteiger charge is -1.87. The third kappa shape index (κ3) is 1.26. The molecule has 4 heteroatoms. The van der Waals surface area contributed by atoms with Crippen LogP contribution in [0.2, 0.25) is 0 Å². The van der Waals surface area contributed by atoms with E-state index in [-0.39, 0.29) is 6.61 Å². The third-order valence-corrected chi connectivity index (χ3v) is 1.03. The Labute approximate surface area is 53.1 Å². The molecule has 0 amide bonds. The molecule has 0 bridgehead atoms. The summed E-state index contributed by atoms with van der Waals surface area (Å²) in [6, 6.07) is 0. The highest BCUT2D eigenvalue weighted by Crippen LogP contribution is 1.88. The summed E-state index contributed by atoms with van der Waals surface area (Å²) in [6.45, 7) is 2.67. The van der Waals surface area contributed by atoms with Gasteiger partial charge in [-0.3, -0.25) is 0 Å². The third-order valence-electron chi connectivity index (χ3n) is 1.03. The molecule has 0 saturated carbocycles. The molecule has 1 aromatic heterocycles. The summed E-state index contributed by atoms with van der Waals surface area (Å²) < 4.78 is 0. The van der Waals surface area contributed by atoms with Crippen molar-refractivity contribution < 1.29 is 5.11 Å². The maximum atomic E-state index is 8.53.